The van der Waals surface area contributed by atoms with Crippen LogP contribution in [-0.4, -0.2) is 80.9 Å². The molecule has 0 N–H and O–H groups in total. The molecule has 10 heteroatoms. The van der Waals surface area contributed by atoms with Gasteiger partial charge in [-0.3, -0.25) is 9.69 Å². The van der Waals surface area contributed by atoms with Gasteiger partial charge in [0, 0.05) is 56.1 Å². The Labute approximate surface area is 198 Å². The molecule has 8 nitrogen and oxygen atoms in total. The molecule has 1 fully saturated rings. The number of thiophene rings is 1. The van der Waals surface area contributed by atoms with Gasteiger partial charge < -0.3 is 14.4 Å². The van der Waals surface area contributed by atoms with E-state index >= 15 is 0 Å². The van der Waals surface area contributed by atoms with Crippen LogP contribution in [0.3, 0.4) is 0 Å². The van der Waals surface area contributed by atoms with Crippen molar-refractivity contribution in [2.75, 3.05) is 52.5 Å². The molecule has 0 bridgehead atoms. The molecule has 1 saturated heterocycles. The molecule has 178 valence electrons. The lowest BCUT2D eigenvalue weighted by molar-refractivity contribution is -0.134. The van der Waals surface area contributed by atoms with Gasteiger partial charge in [-0.1, -0.05) is 0 Å². The molecule has 3 aliphatic heterocycles. The second-order valence-electron chi connectivity index (χ2n) is 8.64. The standard InChI is InChI=1S/C23H29N3O5S2/c1-17-19-6-14-32-22(19)5-7-25(17)16-23(27)24-8-10-26(11-9-24)33(28,29)18-3-4-20-21(15-18)31-13-2-12-30-20/h3-4,6,14-15,17H,2,5,7-13,16H2,1H3. The number of nitrogens with zero attached hydrogens (tertiary/aromatic N) is 3. The van der Waals surface area contributed by atoms with Crippen molar-refractivity contribution in [1.82, 2.24) is 14.1 Å². The monoisotopic (exact) mass is 491 g/mol. The zero-order chi connectivity index (χ0) is 23.0. The van der Waals surface area contributed by atoms with Crippen LogP contribution >= 0.6 is 11.3 Å². The van der Waals surface area contributed by atoms with Crippen LogP contribution in [0, 0.1) is 0 Å². The molecule has 4 heterocycles. The highest BCUT2D eigenvalue weighted by atomic mass is 32.2. The number of rotatable bonds is 4. The Hall–Kier alpha value is -2.14. The summed E-state index contributed by atoms with van der Waals surface area (Å²) in [5.74, 6) is 1.10. The van der Waals surface area contributed by atoms with Crippen LogP contribution in [0.1, 0.15) is 29.8 Å². The summed E-state index contributed by atoms with van der Waals surface area (Å²) in [4.78, 5) is 18.6. The fraction of sp³-hybridized carbons (Fsp3) is 0.522. The zero-order valence-corrected chi connectivity index (χ0v) is 20.4. The van der Waals surface area contributed by atoms with Crippen LogP contribution in [0.5, 0.6) is 11.5 Å². The highest BCUT2D eigenvalue weighted by Crippen LogP contribution is 2.34. The first kappa shape index (κ1) is 22.6. The van der Waals surface area contributed by atoms with Crippen molar-refractivity contribution >= 4 is 27.3 Å². The molecular weight excluding hydrogens is 462 g/mol. The molecule has 1 amide bonds. The maximum atomic E-state index is 13.2. The molecule has 1 atom stereocenters. The summed E-state index contributed by atoms with van der Waals surface area (Å²) in [6.07, 6.45) is 1.74. The number of piperazine rings is 1. The van der Waals surface area contributed by atoms with Gasteiger partial charge in [-0.05, 0) is 42.5 Å². The van der Waals surface area contributed by atoms with Gasteiger partial charge in [0.05, 0.1) is 24.7 Å². The van der Waals surface area contributed by atoms with Crippen LogP contribution in [0.15, 0.2) is 34.5 Å². The minimum absolute atomic E-state index is 0.0631. The van der Waals surface area contributed by atoms with Crippen molar-refractivity contribution in [3.63, 3.8) is 0 Å². The molecule has 1 unspecified atom stereocenters. The molecule has 0 saturated carbocycles. The van der Waals surface area contributed by atoms with Crippen molar-refractivity contribution in [2.45, 2.75) is 30.7 Å². The first-order valence-electron chi connectivity index (χ1n) is 11.4. The summed E-state index contributed by atoms with van der Waals surface area (Å²) < 4.78 is 39.1. The lowest BCUT2D eigenvalue weighted by atomic mass is 10.0. The highest BCUT2D eigenvalue weighted by molar-refractivity contribution is 7.89. The summed E-state index contributed by atoms with van der Waals surface area (Å²) >= 11 is 1.79. The summed E-state index contributed by atoms with van der Waals surface area (Å²) in [6.45, 7) is 5.81. The first-order valence-corrected chi connectivity index (χ1v) is 13.7. The first-order chi connectivity index (χ1) is 15.9. The Morgan fingerprint density at radius 1 is 1.06 bits per heavy atom. The predicted octanol–water partition coefficient (Wildman–Crippen LogP) is 2.36. The Bertz CT molecular complexity index is 1120. The van der Waals surface area contributed by atoms with Crippen LogP contribution in [0.4, 0.5) is 0 Å². The Balaban J connectivity index is 1.20. The van der Waals surface area contributed by atoms with Crippen molar-refractivity contribution in [1.29, 1.82) is 0 Å². The molecule has 33 heavy (non-hydrogen) atoms. The molecule has 0 radical (unpaired) electrons. The third-order valence-corrected chi connectivity index (χ3v) is 9.58. The summed E-state index contributed by atoms with van der Waals surface area (Å²) in [7, 11) is -3.67. The van der Waals surface area contributed by atoms with E-state index in [-0.39, 0.29) is 29.9 Å². The van der Waals surface area contributed by atoms with Crippen LogP contribution in [0.25, 0.3) is 0 Å². The van der Waals surface area contributed by atoms with E-state index in [0.29, 0.717) is 44.3 Å². The third-order valence-electron chi connectivity index (χ3n) is 6.69. The van der Waals surface area contributed by atoms with Crippen LogP contribution < -0.4 is 9.47 Å². The fourth-order valence-corrected chi connectivity index (χ4v) is 7.08. The number of benzene rings is 1. The van der Waals surface area contributed by atoms with E-state index in [4.69, 9.17) is 9.47 Å². The topological polar surface area (TPSA) is 79.4 Å². The van der Waals surface area contributed by atoms with Gasteiger partial charge in [0.25, 0.3) is 0 Å². The van der Waals surface area contributed by atoms with E-state index in [1.54, 1.807) is 34.4 Å². The van der Waals surface area contributed by atoms with Crippen molar-refractivity contribution in [2.24, 2.45) is 0 Å². The lowest BCUT2D eigenvalue weighted by Gasteiger charge is -2.37. The van der Waals surface area contributed by atoms with Gasteiger partial charge in [0.2, 0.25) is 15.9 Å². The molecule has 5 rings (SSSR count). The Morgan fingerprint density at radius 3 is 2.61 bits per heavy atom. The van der Waals surface area contributed by atoms with Crippen molar-refractivity contribution in [3.8, 4) is 11.5 Å². The van der Waals surface area contributed by atoms with Gasteiger partial charge in [0.15, 0.2) is 11.5 Å². The average Bonchev–Trinajstić information content (AvgIpc) is 3.19. The van der Waals surface area contributed by atoms with E-state index in [0.717, 1.165) is 19.4 Å². The second kappa shape index (κ2) is 9.25. The summed E-state index contributed by atoms with van der Waals surface area (Å²) in [5, 5.41) is 2.12. The number of hydrogen-bond acceptors (Lipinski definition) is 7. The quantitative estimate of drug-likeness (QED) is 0.653. The van der Waals surface area contributed by atoms with Crippen LogP contribution in [-0.2, 0) is 21.2 Å². The minimum atomic E-state index is -3.67. The van der Waals surface area contributed by atoms with Crippen LogP contribution in [0.2, 0.25) is 0 Å². The van der Waals surface area contributed by atoms with E-state index in [2.05, 4.69) is 23.3 Å². The van der Waals surface area contributed by atoms with E-state index < -0.39 is 10.0 Å². The minimum Gasteiger partial charge on any atom is -0.490 e. The maximum Gasteiger partial charge on any atom is 0.243 e. The number of hydrogen-bond donors (Lipinski definition) is 0. The summed E-state index contributed by atoms with van der Waals surface area (Å²) in [5.41, 5.74) is 1.32. The number of carbonyl (C=O) groups excluding carboxylic acids is 1. The normalized spacial score (nSPS) is 22.0. The van der Waals surface area contributed by atoms with Gasteiger partial charge in [-0.15, -0.1) is 11.3 Å². The SMILES string of the molecule is CC1c2ccsc2CCN1CC(=O)N1CCN(S(=O)(=O)c2ccc3c(c2)OCCCO3)CC1. The number of fused-ring (bicyclic) bond motifs is 2. The molecular formula is C23H29N3O5S2. The van der Waals surface area contributed by atoms with Crippen molar-refractivity contribution in [3.05, 3.63) is 40.1 Å². The Morgan fingerprint density at radius 2 is 1.82 bits per heavy atom. The number of carbonyl (C=O) groups is 1. The van der Waals surface area contributed by atoms with E-state index in [9.17, 15) is 13.2 Å². The lowest BCUT2D eigenvalue weighted by Crippen LogP contribution is -2.53. The third kappa shape index (κ3) is 4.49. The van der Waals surface area contributed by atoms with E-state index in [1.807, 2.05) is 0 Å². The molecule has 0 spiro atoms. The number of sulfonamides is 1. The van der Waals surface area contributed by atoms with Gasteiger partial charge >= 0.3 is 0 Å². The Kier molecular flexibility index (Phi) is 6.34. The van der Waals surface area contributed by atoms with Gasteiger partial charge in [-0.25, -0.2) is 8.42 Å². The molecule has 2 aromatic rings. The largest absolute Gasteiger partial charge is 0.490 e. The molecule has 0 aliphatic carbocycles. The zero-order valence-electron chi connectivity index (χ0n) is 18.7. The predicted molar refractivity (Wildman–Crippen MR) is 125 cm³/mol. The molecule has 1 aromatic carbocycles. The fourth-order valence-electron chi connectivity index (χ4n) is 4.68. The molecule has 1 aromatic heterocycles. The number of ether oxygens (including phenoxy) is 2. The second-order valence-corrected chi connectivity index (χ2v) is 11.6. The van der Waals surface area contributed by atoms with Gasteiger partial charge in [0.1, 0.15) is 0 Å². The molecule has 3 aliphatic rings. The van der Waals surface area contributed by atoms with E-state index in [1.165, 1.54) is 14.7 Å². The maximum absolute atomic E-state index is 13.2. The van der Waals surface area contributed by atoms with Gasteiger partial charge in [-0.2, -0.15) is 4.31 Å². The van der Waals surface area contributed by atoms with Crippen molar-refractivity contribution < 1.29 is 22.7 Å². The average molecular weight is 492 g/mol. The summed E-state index contributed by atoms with van der Waals surface area (Å²) in [6, 6.07) is 7.15. The number of amides is 1. The highest BCUT2D eigenvalue weighted by Gasteiger charge is 2.33. The smallest absolute Gasteiger partial charge is 0.243 e.